The first-order valence-electron chi connectivity index (χ1n) is 13.1. The molecule has 0 atom stereocenters. The molecule has 3 aliphatic heterocycles. The largest absolute Gasteiger partial charge is 0.381 e. The first-order chi connectivity index (χ1) is 18.3. The zero-order valence-electron chi connectivity index (χ0n) is 20.9. The van der Waals surface area contributed by atoms with E-state index >= 15 is 0 Å². The predicted molar refractivity (Wildman–Crippen MR) is 150 cm³/mol. The number of carbonyl (C=O) groups is 1. The zero-order chi connectivity index (χ0) is 25.0. The van der Waals surface area contributed by atoms with Crippen LogP contribution >= 0.6 is 23.3 Å². The lowest BCUT2D eigenvalue weighted by molar-refractivity contribution is 0.0838. The summed E-state index contributed by atoms with van der Waals surface area (Å²) in [7, 11) is 0. The van der Waals surface area contributed by atoms with Crippen LogP contribution in [0.5, 0.6) is 0 Å². The van der Waals surface area contributed by atoms with Crippen molar-refractivity contribution in [2.75, 3.05) is 55.9 Å². The number of para-hydroxylation sites is 1. The fourth-order valence-electron chi connectivity index (χ4n) is 5.12. The maximum Gasteiger partial charge on any atom is 0.276 e. The van der Waals surface area contributed by atoms with Crippen molar-refractivity contribution in [3.8, 4) is 10.4 Å². The van der Waals surface area contributed by atoms with E-state index in [9.17, 15) is 4.79 Å². The monoisotopic (exact) mass is 536 g/mol. The van der Waals surface area contributed by atoms with E-state index in [4.69, 9.17) is 14.5 Å². The molecule has 1 amide bonds. The highest BCUT2D eigenvalue weighted by Crippen LogP contribution is 2.44. The fourth-order valence-corrected chi connectivity index (χ4v) is 7.38. The molecule has 194 valence electrons. The van der Waals surface area contributed by atoms with Gasteiger partial charge in [-0.05, 0) is 67.5 Å². The molecule has 0 bridgehead atoms. The van der Waals surface area contributed by atoms with Crippen LogP contribution in [0.1, 0.15) is 35.3 Å². The fraction of sp³-hybridized carbons (Fsp3) is 0.429. The number of anilines is 2. The number of carbonyl (C=O) groups excluding carboxylic acids is 1. The van der Waals surface area contributed by atoms with E-state index in [-0.39, 0.29) is 5.91 Å². The number of hydrogen-bond donors (Lipinski definition) is 1. The zero-order valence-corrected chi connectivity index (χ0v) is 22.5. The second kappa shape index (κ2) is 11.5. The van der Waals surface area contributed by atoms with Crippen LogP contribution in [0.25, 0.3) is 10.4 Å². The van der Waals surface area contributed by atoms with E-state index in [1.165, 1.54) is 14.6 Å². The van der Waals surface area contributed by atoms with Gasteiger partial charge in [0, 0.05) is 55.9 Å². The van der Waals surface area contributed by atoms with Crippen molar-refractivity contribution < 1.29 is 14.3 Å². The number of fused-ring (bicyclic) bond motifs is 3. The van der Waals surface area contributed by atoms with Crippen LogP contribution in [-0.2, 0) is 15.9 Å². The summed E-state index contributed by atoms with van der Waals surface area (Å²) < 4.78 is 16.0. The highest BCUT2D eigenvalue weighted by molar-refractivity contribution is 7.99. The van der Waals surface area contributed by atoms with Crippen LogP contribution in [0.2, 0.25) is 0 Å². The molecule has 3 aliphatic rings. The molecule has 5 heterocycles. The van der Waals surface area contributed by atoms with Gasteiger partial charge in [0.2, 0.25) is 0 Å². The molecule has 1 N–H and O–H groups in total. The molecule has 2 aromatic heterocycles. The molecule has 2 saturated heterocycles. The summed E-state index contributed by atoms with van der Waals surface area (Å²) in [4.78, 5) is 24.0. The first kappa shape index (κ1) is 24.9. The number of amides is 1. The van der Waals surface area contributed by atoms with E-state index in [0.717, 1.165) is 75.7 Å². The van der Waals surface area contributed by atoms with E-state index in [1.807, 2.05) is 40.5 Å². The lowest BCUT2D eigenvalue weighted by Gasteiger charge is -2.24. The topological polar surface area (TPSA) is 66.9 Å². The number of nitrogens with one attached hydrogen (secondary N) is 1. The van der Waals surface area contributed by atoms with Crippen molar-refractivity contribution in [1.82, 2.24) is 9.71 Å². The van der Waals surface area contributed by atoms with E-state index in [2.05, 4.69) is 33.9 Å². The Hall–Kier alpha value is -2.43. The highest BCUT2D eigenvalue weighted by atomic mass is 32.2. The molecular formula is C28H32N4O3S2. The molecule has 0 saturated carbocycles. The number of thiophene rings is 1. The number of rotatable bonds is 5. The lowest BCUT2D eigenvalue weighted by atomic mass is 10.1. The van der Waals surface area contributed by atoms with Crippen molar-refractivity contribution in [3.63, 3.8) is 0 Å². The minimum Gasteiger partial charge on any atom is -0.381 e. The second-order valence-electron chi connectivity index (χ2n) is 9.58. The van der Waals surface area contributed by atoms with Crippen molar-refractivity contribution in [2.24, 2.45) is 0 Å². The Balaban J connectivity index is 1.23. The average molecular weight is 537 g/mol. The van der Waals surface area contributed by atoms with Gasteiger partial charge in [-0.15, -0.1) is 11.3 Å². The molecule has 2 fully saturated rings. The number of pyridine rings is 1. The van der Waals surface area contributed by atoms with Crippen LogP contribution in [-0.4, -0.2) is 63.0 Å². The van der Waals surface area contributed by atoms with Crippen molar-refractivity contribution >= 4 is 40.7 Å². The second-order valence-corrected chi connectivity index (χ2v) is 11.8. The first-order valence-corrected chi connectivity index (χ1v) is 14.7. The Morgan fingerprint density at radius 1 is 1.00 bits per heavy atom. The summed E-state index contributed by atoms with van der Waals surface area (Å²) in [6, 6.07) is 16.8. The van der Waals surface area contributed by atoms with Crippen molar-refractivity contribution in [3.05, 3.63) is 59.8 Å². The summed E-state index contributed by atoms with van der Waals surface area (Å²) in [5.41, 5.74) is 3.86. The summed E-state index contributed by atoms with van der Waals surface area (Å²) >= 11 is 3.54. The van der Waals surface area contributed by atoms with Crippen LogP contribution < -0.4 is 14.5 Å². The van der Waals surface area contributed by atoms with Crippen LogP contribution in [0.3, 0.4) is 0 Å². The standard InChI is InChI=1S/C28H32N4O3S2/c33-28(23-6-3-8-25(29-23)31-12-4-15-34-18-14-31)32-13-9-20-19-26(37-30-21-10-16-35-17-11-21)36-27(20)22-5-1-2-7-24(22)32/h1-3,5-8,19,21,30H,4,9-18H2. The van der Waals surface area contributed by atoms with Crippen LogP contribution in [0.4, 0.5) is 11.5 Å². The maximum absolute atomic E-state index is 13.8. The Morgan fingerprint density at radius 3 is 2.78 bits per heavy atom. The average Bonchev–Trinajstić information content (AvgIpc) is 3.09. The minimum atomic E-state index is -0.0497. The summed E-state index contributed by atoms with van der Waals surface area (Å²) in [6.45, 7) is 5.44. The van der Waals surface area contributed by atoms with Crippen LogP contribution in [0, 0.1) is 0 Å². The Labute approximate surface area is 226 Å². The molecular weight excluding hydrogens is 504 g/mol. The summed E-state index contributed by atoms with van der Waals surface area (Å²) in [5.74, 6) is 0.795. The van der Waals surface area contributed by atoms with Crippen LogP contribution in [0.15, 0.2) is 52.7 Å². The van der Waals surface area contributed by atoms with Gasteiger partial charge in [-0.25, -0.2) is 4.98 Å². The molecule has 0 spiro atoms. The number of aromatic nitrogens is 1. The number of benzene rings is 1. The summed E-state index contributed by atoms with van der Waals surface area (Å²) in [5, 5.41) is 0. The highest BCUT2D eigenvalue weighted by Gasteiger charge is 2.28. The van der Waals surface area contributed by atoms with Crippen molar-refractivity contribution in [2.45, 2.75) is 35.9 Å². The third kappa shape index (κ3) is 5.56. The molecule has 6 rings (SSSR count). The summed E-state index contributed by atoms with van der Waals surface area (Å²) in [6.07, 6.45) is 3.89. The molecule has 0 unspecified atom stereocenters. The van der Waals surface area contributed by atoms with E-state index < -0.39 is 0 Å². The lowest BCUT2D eigenvalue weighted by Crippen LogP contribution is -2.34. The third-order valence-electron chi connectivity index (χ3n) is 7.12. The van der Waals surface area contributed by atoms with E-state index in [0.29, 0.717) is 24.9 Å². The smallest absolute Gasteiger partial charge is 0.276 e. The number of hydrogen-bond acceptors (Lipinski definition) is 8. The quantitative estimate of drug-likeness (QED) is 0.460. The van der Waals surface area contributed by atoms with Gasteiger partial charge < -0.3 is 19.3 Å². The van der Waals surface area contributed by atoms with Gasteiger partial charge in [-0.3, -0.25) is 9.52 Å². The molecule has 0 radical (unpaired) electrons. The molecule has 9 heteroatoms. The molecule has 7 nitrogen and oxygen atoms in total. The molecule has 1 aromatic carbocycles. The van der Waals surface area contributed by atoms with Gasteiger partial charge in [0.25, 0.3) is 5.91 Å². The predicted octanol–water partition coefficient (Wildman–Crippen LogP) is 5.02. The van der Waals surface area contributed by atoms with Gasteiger partial charge in [-0.2, -0.15) is 0 Å². The Kier molecular flexibility index (Phi) is 7.75. The Morgan fingerprint density at radius 2 is 1.86 bits per heavy atom. The van der Waals surface area contributed by atoms with Gasteiger partial charge in [0.1, 0.15) is 11.5 Å². The third-order valence-corrected chi connectivity index (χ3v) is 9.40. The molecule has 3 aromatic rings. The number of nitrogens with zero attached hydrogens (tertiary/aromatic N) is 3. The van der Waals surface area contributed by atoms with Gasteiger partial charge in [0.15, 0.2) is 0 Å². The van der Waals surface area contributed by atoms with Gasteiger partial charge in [-0.1, -0.05) is 24.3 Å². The minimum absolute atomic E-state index is 0.0497. The number of ether oxygens (including phenoxy) is 2. The molecule has 37 heavy (non-hydrogen) atoms. The van der Waals surface area contributed by atoms with Crippen molar-refractivity contribution in [1.29, 1.82) is 0 Å². The van der Waals surface area contributed by atoms with Gasteiger partial charge >= 0.3 is 0 Å². The maximum atomic E-state index is 13.8. The van der Waals surface area contributed by atoms with Gasteiger partial charge in [0.05, 0.1) is 16.5 Å². The SMILES string of the molecule is O=C(c1cccc(N2CCCOCC2)n1)N1CCc2cc(SNC3CCOCC3)sc2-c2ccccc21. The van der Waals surface area contributed by atoms with E-state index in [1.54, 1.807) is 11.9 Å². The Bertz CT molecular complexity index is 1240. The normalized spacial score (nSPS) is 18.6. The molecule has 0 aliphatic carbocycles.